The lowest BCUT2D eigenvalue weighted by Crippen LogP contribution is -2.30. The Kier molecular flexibility index (Phi) is 6.14. The molecule has 5 heteroatoms. The van der Waals surface area contributed by atoms with Crippen molar-refractivity contribution in [2.75, 3.05) is 38.8 Å². The third-order valence-corrected chi connectivity index (χ3v) is 2.58. The Labute approximate surface area is 108 Å². The zero-order valence-electron chi connectivity index (χ0n) is 11.2. The molecule has 0 N–H and O–H groups in total. The Balaban J connectivity index is 2.68. The Bertz CT molecular complexity index is 382. The van der Waals surface area contributed by atoms with E-state index in [-0.39, 0.29) is 5.97 Å². The molecule has 0 atom stereocenters. The molecule has 0 fully saturated rings. The maximum atomic E-state index is 11.2. The third-order valence-electron chi connectivity index (χ3n) is 2.58. The molecule has 0 aliphatic heterocycles. The van der Waals surface area contributed by atoms with Crippen molar-refractivity contribution < 1.29 is 14.3 Å². The van der Waals surface area contributed by atoms with Gasteiger partial charge in [-0.1, -0.05) is 6.07 Å². The van der Waals surface area contributed by atoms with Crippen molar-refractivity contribution in [3.05, 3.63) is 23.9 Å². The van der Waals surface area contributed by atoms with Gasteiger partial charge in [0.2, 0.25) is 0 Å². The van der Waals surface area contributed by atoms with Gasteiger partial charge < -0.3 is 14.4 Å². The van der Waals surface area contributed by atoms with Gasteiger partial charge in [-0.15, -0.1) is 0 Å². The molecule has 0 unspecified atom stereocenters. The minimum absolute atomic E-state index is 0.218. The Morgan fingerprint density at radius 1 is 1.33 bits per heavy atom. The van der Waals surface area contributed by atoms with Crippen LogP contribution < -0.4 is 4.90 Å². The van der Waals surface area contributed by atoms with Crippen LogP contribution in [0.5, 0.6) is 0 Å². The smallest absolute Gasteiger partial charge is 0.307 e. The van der Waals surface area contributed by atoms with E-state index in [0.717, 1.165) is 11.5 Å². The summed E-state index contributed by atoms with van der Waals surface area (Å²) in [6.07, 6.45) is 0.343. The van der Waals surface area contributed by atoms with Gasteiger partial charge in [0.1, 0.15) is 5.82 Å². The number of ether oxygens (including phenoxy) is 2. The van der Waals surface area contributed by atoms with Crippen LogP contribution in [0.1, 0.15) is 12.1 Å². The molecule has 100 valence electrons. The van der Waals surface area contributed by atoms with Crippen molar-refractivity contribution in [3.63, 3.8) is 0 Å². The lowest BCUT2D eigenvalue weighted by molar-refractivity contribution is -0.140. The third kappa shape index (κ3) is 4.71. The van der Waals surface area contributed by atoms with E-state index >= 15 is 0 Å². The van der Waals surface area contributed by atoms with Crippen molar-refractivity contribution in [3.8, 4) is 0 Å². The van der Waals surface area contributed by atoms with E-state index < -0.39 is 0 Å². The SMILES string of the molecule is COCCN(CCC(=O)OC)c1cccc(C)n1. The second-order valence-corrected chi connectivity index (χ2v) is 3.94. The number of carbonyl (C=O) groups excluding carboxylic acids is 1. The maximum Gasteiger partial charge on any atom is 0.307 e. The number of aryl methyl sites for hydroxylation is 1. The van der Waals surface area contributed by atoms with Crippen LogP contribution in [0, 0.1) is 6.92 Å². The molecule has 5 nitrogen and oxygen atoms in total. The zero-order chi connectivity index (χ0) is 13.4. The molecule has 1 aromatic heterocycles. The van der Waals surface area contributed by atoms with Gasteiger partial charge in [0.25, 0.3) is 0 Å². The fourth-order valence-electron chi connectivity index (χ4n) is 1.58. The molecule has 1 aromatic rings. The minimum atomic E-state index is -0.218. The van der Waals surface area contributed by atoms with E-state index in [0.29, 0.717) is 26.1 Å². The number of aromatic nitrogens is 1. The van der Waals surface area contributed by atoms with E-state index in [1.165, 1.54) is 7.11 Å². The first-order valence-corrected chi connectivity index (χ1v) is 5.91. The van der Waals surface area contributed by atoms with Crippen LogP contribution in [0.2, 0.25) is 0 Å². The number of esters is 1. The van der Waals surface area contributed by atoms with Crippen LogP contribution in [0.4, 0.5) is 5.82 Å². The summed E-state index contributed by atoms with van der Waals surface area (Å²) in [4.78, 5) is 17.7. The Morgan fingerprint density at radius 2 is 2.11 bits per heavy atom. The second kappa shape index (κ2) is 7.66. The number of anilines is 1. The number of nitrogens with zero attached hydrogens (tertiary/aromatic N) is 2. The predicted molar refractivity (Wildman–Crippen MR) is 69.7 cm³/mol. The maximum absolute atomic E-state index is 11.2. The van der Waals surface area contributed by atoms with Crippen molar-refractivity contribution in [2.24, 2.45) is 0 Å². The predicted octanol–water partition coefficient (Wildman–Crippen LogP) is 1.41. The number of methoxy groups -OCH3 is 2. The van der Waals surface area contributed by atoms with E-state index in [2.05, 4.69) is 9.72 Å². The van der Waals surface area contributed by atoms with Gasteiger partial charge in [0, 0.05) is 25.9 Å². The summed E-state index contributed by atoms with van der Waals surface area (Å²) >= 11 is 0. The molecule has 0 radical (unpaired) electrons. The minimum Gasteiger partial charge on any atom is -0.469 e. The van der Waals surface area contributed by atoms with Crippen molar-refractivity contribution in [1.29, 1.82) is 0 Å². The molecule has 0 saturated heterocycles. The van der Waals surface area contributed by atoms with Crippen LogP contribution in [0.15, 0.2) is 18.2 Å². The molecule has 0 spiro atoms. The number of carbonyl (C=O) groups is 1. The van der Waals surface area contributed by atoms with Gasteiger partial charge in [0.15, 0.2) is 0 Å². The summed E-state index contributed by atoms with van der Waals surface area (Å²) in [7, 11) is 3.05. The van der Waals surface area contributed by atoms with E-state index in [1.54, 1.807) is 7.11 Å². The largest absolute Gasteiger partial charge is 0.469 e. The monoisotopic (exact) mass is 252 g/mol. The first-order valence-electron chi connectivity index (χ1n) is 5.91. The molecular formula is C13H20N2O3. The summed E-state index contributed by atoms with van der Waals surface area (Å²) in [5, 5.41) is 0. The van der Waals surface area contributed by atoms with Gasteiger partial charge in [-0.2, -0.15) is 0 Å². The fraction of sp³-hybridized carbons (Fsp3) is 0.538. The Hall–Kier alpha value is -1.62. The van der Waals surface area contributed by atoms with Gasteiger partial charge in [0.05, 0.1) is 20.1 Å². The lowest BCUT2D eigenvalue weighted by atomic mass is 10.3. The number of rotatable bonds is 7. The fourth-order valence-corrected chi connectivity index (χ4v) is 1.58. The number of pyridine rings is 1. The van der Waals surface area contributed by atoms with Crippen LogP contribution >= 0.6 is 0 Å². The summed E-state index contributed by atoms with van der Waals surface area (Å²) in [5.41, 5.74) is 0.952. The molecular weight excluding hydrogens is 232 g/mol. The first-order chi connectivity index (χ1) is 8.67. The van der Waals surface area contributed by atoms with Gasteiger partial charge in [-0.25, -0.2) is 4.98 Å². The topological polar surface area (TPSA) is 51.7 Å². The average Bonchev–Trinajstić information content (AvgIpc) is 2.38. The molecule has 0 aliphatic rings. The molecule has 0 amide bonds. The van der Waals surface area contributed by atoms with E-state index in [9.17, 15) is 4.79 Å². The molecule has 1 rings (SSSR count). The molecule has 1 heterocycles. The zero-order valence-corrected chi connectivity index (χ0v) is 11.2. The van der Waals surface area contributed by atoms with Crippen molar-refractivity contribution in [2.45, 2.75) is 13.3 Å². The Morgan fingerprint density at radius 3 is 2.72 bits per heavy atom. The summed E-state index contributed by atoms with van der Waals surface area (Å²) in [5.74, 6) is 0.640. The van der Waals surface area contributed by atoms with Gasteiger partial charge >= 0.3 is 5.97 Å². The summed E-state index contributed by atoms with van der Waals surface area (Å²) in [6.45, 7) is 3.81. The van der Waals surface area contributed by atoms with Crippen LogP contribution in [-0.4, -0.2) is 44.9 Å². The number of hydrogen-bond acceptors (Lipinski definition) is 5. The lowest BCUT2D eigenvalue weighted by Gasteiger charge is -2.23. The molecule has 0 aromatic carbocycles. The summed E-state index contributed by atoms with van der Waals surface area (Å²) in [6, 6.07) is 5.83. The van der Waals surface area contributed by atoms with E-state index in [4.69, 9.17) is 4.74 Å². The first kappa shape index (κ1) is 14.4. The van der Waals surface area contributed by atoms with Crippen LogP contribution in [0.3, 0.4) is 0 Å². The summed E-state index contributed by atoms with van der Waals surface area (Å²) < 4.78 is 9.72. The highest BCUT2D eigenvalue weighted by Crippen LogP contribution is 2.11. The molecule has 18 heavy (non-hydrogen) atoms. The van der Waals surface area contributed by atoms with Crippen LogP contribution in [-0.2, 0) is 14.3 Å². The van der Waals surface area contributed by atoms with Crippen molar-refractivity contribution in [1.82, 2.24) is 4.98 Å². The highest BCUT2D eigenvalue weighted by molar-refractivity contribution is 5.69. The standard InChI is InChI=1S/C13H20N2O3/c1-11-5-4-6-12(14-11)15(9-10-17-2)8-7-13(16)18-3/h4-6H,7-10H2,1-3H3. The van der Waals surface area contributed by atoms with Gasteiger partial charge in [-0.3, -0.25) is 4.79 Å². The molecule has 0 aliphatic carbocycles. The second-order valence-electron chi connectivity index (χ2n) is 3.94. The normalized spacial score (nSPS) is 10.2. The number of hydrogen-bond donors (Lipinski definition) is 0. The van der Waals surface area contributed by atoms with Crippen molar-refractivity contribution >= 4 is 11.8 Å². The quantitative estimate of drug-likeness (QED) is 0.687. The van der Waals surface area contributed by atoms with Crippen LogP contribution in [0.25, 0.3) is 0 Å². The highest BCUT2D eigenvalue weighted by Gasteiger charge is 2.10. The molecule has 0 bridgehead atoms. The van der Waals surface area contributed by atoms with E-state index in [1.807, 2.05) is 30.0 Å². The average molecular weight is 252 g/mol. The molecule has 0 saturated carbocycles. The van der Waals surface area contributed by atoms with Gasteiger partial charge in [-0.05, 0) is 19.1 Å². The highest BCUT2D eigenvalue weighted by atomic mass is 16.5.